The number of rotatable bonds is 2. The van der Waals surface area contributed by atoms with Crippen LogP contribution < -0.4 is 0 Å². The Bertz CT molecular complexity index is 1050. The Hall–Kier alpha value is -1.56. The van der Waals surface area contributed by atoms with Gasteiger partial charge in [0.2, 0.25) is 0 Å². The number of carboxylic acids is 1. The Balaban J connectivity index is 1.57. The second kappa shape index (κ2) is 7.26. The molecule has 3 heterocycles. The van der Waals surface area contributed by atoms with Gasteiger partial charge in [-0.1, -0.05) is 27.7 Å². The van der Waals surface area contributed by atoms with Gasteiger partial charge in [-0.25, -0.2) is 4.58 Å². The normalized spacial score (nSPS) is 52.9. The highest BCUT2D eigenvalue weighted by atomic mass is 16.5. The molecule has 6 nitrogen and oxygen atoms in total. The van der Waals surface area contributed by atoms with Crippen LogP contribution in [0.25, 0.3) is 0 Å². The molecule has 35 heavy (non-hydrogen) atoms. The van der Waals surface area contributed by atoms with Crippen molar-refractivity contribution in [3.05, 3.63) is 0 Å². The summed E-state index contributed by atoms with van der Waals surface area (Å²) in [5.74, 6) is 0.0582. The first-order valence-electron chi connectivity index (χ1n) is 13.9. The van der Waals surface area contributed by atoms with Gasteiger partial charge in [0, 0.05) is 49.4 Å². The summed E-state index contributed by atoms with van der Waals surface area (Å²) in [5.41, 5.74) is -0.446. The van der Waals surface area contributed by atoms with Crippen molar-refractivity contribution >= 4 is 23.2 Å². The van der Waals surface area contributed by atoms with Crippen LogP contribution in [0.4, 0.5) is 0 Å². The van der Waals surface area contributed by atoms with Gasteiger partial charge in [0.1, 0.15) is 17.7 Å². The number of ether oxygens (including phenoxy) is 1. The highest BCUT2D eigenvalue weighted by molar-refractivity contribution is 5.97. The maximum Gasteiger partial charge on any atom is 0.303 e. The van der Waals surface area contributed by atoms with Gasteiger partial charge in [-0.15, -0.1) is 0 Å². The molecule has 6 aliphatic rings. The van der Waals surface area contributed by atoms with Crippen molar-refractivity contribution < 1.29 is 28.8 Å². The molecule has 0 amide bonds. The van der Waals surface area contributed by atoms with E-state index in [2.05, 4.69) is 39.2 Å². The summed E-state index contributed by atoms with van der Waals surface area (Å²) >= 11 is 0. The minimum atomic E-state index is -0.828. The topological polar surface area (TPSA) is 83.7 Å². The zero-order chi connectivity index (χ0) is 25.1. The van der Waals surface area contributed by atoms with Crippen LogP contribution >= 0.6 is 0 Å². The molecule has 6 rings (SSSR count). The largest absolute Gasteiger partial charge is 0.481 e. The summed E-state index contributed by atoms with van der Waals surface area (Å²) in [6.07, 6.45) is 6.64. The van der Waals surface area contributed by atoms with E-state index in [4.69, 9.17) is 4.74 Å². The van der Waals surface area contributed by atoms with Gasteiger partial charge in [-0.3, -0.25) is 14.4 Å². The molecule has 2 bridgehead atoms. The third kappa shape index (κ3) is 2.98. The molecule has 0 aromatic rings. The number of ketones is 2. The lowest BCUT2D eigenvalue weighted by Gasteiger charge is -2.65. The van der Waals surface area contributed by atoms with Crippen molar-refractivity contribution in [3.8, 4) is 0 Å². The number of carboxylic acid groups (broad SMARTS) is 1. The SMILES string of the molecule is CC1CC(=O)C2CC(=O)[C@H]3[C@@](C)(CC4=[N+]5C[C@H]6C[C@H](C)C[C@]5(CC[C@@]4(C)[C@@]3(C)CC(=O)O)O6)C2C1. The predicted octanol–water partition coefficient (Wildman–Crippen LogP) is 4.48. The fraction of sp³-hybridized carbons (Fsp3) is 0.862. The molecule has 10 atom stereocenters. The van der Waals surface area contributed by atoms with E-state index < -0.39 is 16.8 Å². The molecule has 3 aliphatic carbocycles. The second-order valence-electron chi connectivity index (χ2n) is 14.1. The Kier molecular flexibility index (Phi) is 4.94. The quantitative estimate of drug-likeness (QED) is 0.585. The number of carbonyl (C=O) groups is 3. The Morgan fingerprint density at radius 2 is 1.80 bits per heavy atom. The highest BCUT2D eigenvalue weighted by Gasteiger charge is 2.74. The fourth-order valence-corrected chi connectivity index (χ4v) is 10.5. The molecule has 1 spiro atoms. The van der Waals surface area contributed by atoms with E-state index in [-0.39, 0.29) is 53.0 Å². The number of carbonyl (C=O) groups excluding carboxylic acids is 2. The maximum absolute atomic E-state index is 14.0. The average Bonchev–Trinajstić information content (AvgIpc) is 3.01. The van der Waals surface area contributed by atoms with Gasteiger partial charge in [-0.2, -0.15) is 0 Å². The van der Waals surface area contributed by atoms with E-state index in [0.29, 0.717) is 24.7 Å². The first-order valence-corrected chi connectivity index (χ1v) is 13.9. The van der Waals surface area contributed by atoms with Crippen LogP contribution in [-0.4, -0.2) is 51.3 Å². The number of nitrogens with zero attached hydrogens (tertiary/aromatic N) is 1. The average molecular weight is 485 g/mol. The molecular weight excluding hydrogens is 442 g/mol. The number of aliphatic carboxylic acids is 1. The van der Waals surface area contributed by atoms with E-state index in [0.717, 1.165) is 45.1 Å². The van der Waals surface area contributed by atoms with Crippen molar-refractivity contribution in [1.29, 1.82) is 0 Å². The van der Waals surface area contributed by atoms with E-state index in [1.165, 1.54) is 5.71 Å². The van der Waals surface area contributed by atoms with Crippen molar-refractivity contribution in [1.82, 2.24) is 0 Å². The van der Waals surface area contributed by atoms with Crippen LogP contribution in [0.1, 0.15) is 92.4 Å². The van der Waals surface area contributed by atoms with Gasteiger partial charge >= 0.3 is 5.97 Å². The number of fused-ring (bicyclic) bond motifs is 5. The smallest absolute Gasteiger partial charge is 0.303 e. The lowest BCUT2D eigenvalue weighted by Crippen LogP contribution is -2.70. The fourth-order valence-electron chi connectivity index (χ4n) is 10.5. The summed E-state index contributed by atoms with van der Waals surface area (Å²) in [6.45, 7) is 11.9. The molecule has 5 fully saturated rings. The molecule has 0 radical (unpaired) electrons. The predicted molar refractivity (Wildman–Crippen MR) is 130 cm³/mol. The van der Waals surface area contributed by atoms with Crippen molar-refractivity contribution in [3.63, 3.8) is 0 Å². The molecule has 3 saturated carbocycles. The van der Waals surface area contributed by atoms with Gasteiger partial charge in [0.05, 0.1) is 11.8 Å². The van der Waals surface area contributed by atoms with E-state index in [9.17, 15) is 19.5 Å². The highest BCUT2D eigenvalue weighted by Crippen LogP contribution is 2.70. The van der Waals surface area contributed by atoms with E-state index in [1.54, 1.807) is 0 Å². The number of Topliss-reactive ketones (excluding diaryl/α,β-unsaturated/α-hetero) is 2. The van der Waals surface area contributed by atoms with E-state index in [1.807, 2.05) is 0 Å². The maximum atomic E-state index is 14.0. The van der Waals surface area contributed by atoms with E-state index >= 15 is 0 Å². The first-order chi connectivity index (χ1) is 16.3. The van der Waals surface area contributed by atoms with Gasteiger partial charge in [0.25, 0.3) is 5.72 Å². The van der Waals surface area contributed by atoms with Crippen molar-refractivity contribution in [2.45, 2.75) is 104 Å². The third-order valence-corrected chi connectivity index (χ3v) is 11.9. The van der Waals surface area contributed by atoms with Crippen LogP contribution in [-0.2, 0) is 19.1 Å². The molecule has 0 aromatic heterocycles. The monoisotopic (exact) mass is 484 g/mol. The Morgan fingerprint density at radius 1 is 1.06 bits per heavy atom. The van der Waals surface area contributed by atoms with Crippen LogP contribution in [0.15, 0.2) is 0 Å². The van der Waals surface area contributed by atoms with Crippen LogP contribution in [0.5, 0.6) is 0 Å². The third-order valence-electron chi connectivity index (χ3n) is 11.9. The Labute approximate surface area is 208 Å². The summed E-state index contributed by atoms with van der Waals surface area (Å²) in [4.78, 5) is 39.6. The van der Waals surface area contributed by atoms with Crippen LogP contribution in [0, 0.1) is 45.8 Å². The zero-order valence-corrected chi connectivity index (χ0v) is 22.1. The molecule has 3 unspecified atom stereocenters. The summed E-state index contributed by atoms with van der Waals surface area (Å²) in [7, 11) is 0. The molecular formula is C29H42NO5+. The van der Waals surface area contributed by atoms with Gasteiger partial charge < -0.3 is 9.84 Å². The molecule has 1 N–H and O–H groups in total. The van der Waals surface area contributed by atoms with Gasteiger partial charge in [0.15, 0.2) is 12.3 Å². The molecule has 2 saturated heterocycles. The van der Waals surface area contributed by atoms with Gasteiger partial charge in [-0.05, 0) is 49.4 Å². The summed E-state index contributed by atoms with van der Waals surface area (Å²) in [6, 6.07) is 0. The zero-order valence-electron chi connectivity index (χ0n) is 22.1. The lowest BCUT2D eigenvalue weighted by atomic mass is 9.36. The minimum absolute atomic E-state index is 0.0125. The molecule has 192 valence electrons. The number of hydrogen-bond donors (Lipinski definition) is 1. The molecule has 6 heteroatoms. The number of hydrogen-bond acceptors (Lipinski definition) is 4. The first kappa shape index (κ1) is 23.8. The van der Waals surface area contributed by atoms with Crippen LogP contribution in [0.3, 0.4) is 0 Å². The summed E-state index contributed by atoms with van der Waals surface area (Å²) in [5, 5.41) is 10.2. The second-order valence-corrected chi connectivity index (χ2v) is 14.1. The molecule has 3 aliphatic heterocycles. The summed E-state index contributed by atoms with van der Waals surface area (Å²) < 4.78 is 9.25. The van der Waals surface area contributed by atoms with Crippen LogP contribution in [0.2, 0.25) is 0 Å². The van der Waals surface area contributed by atoms with Crippen molar-refractivity contribution in [2.75, 3.05) is 6.54 Å². The van der Waals surface area contributed by atoms with Crippen molar-refractivity contribution in [2.24, 2.45) is 45.8 Å². The minimum Gasteiger partial charge on any atom is -0.481 e. The standard InChI is InChI=1S/C29H41NO5/c1-16-9-20-19(21(31)10-16)11-22(32)25-26(20,3)13-23-27(4,28(25,5)14-24(33)34)6-7-29-12-17(2)8-18(35-29)15-30(23)29/h16-20,25H,6-15H2,1-5H3/p+1/t16?,17-,18+,19?,20?,25-,26-,27+,28-,29-/m0/s1. The molecule has 0 aromatic carbocycles. The Morgan fingerprint density at radius 3 is 2.51 bits per heavy atom. The lowest BCUT2D eigenvalue weighted by molar-refractivity contribution is -0.635.